The Morgan fingerprint density at radius 3 is 2.30 bits per heavy atom. The molecule has 0 heterocycles. The van der Waals surface area contributed by atoms with Crippen LogP contribution in [0.15, 0.2) is 42.5 Å². The fourth-order valence-corrected chi connectivity index (χ4v) is 2.72. The van der Waals surface area contributed by atoms with Gasteiger partial charge in [0.25, 0.3) is 5.69 Å². The Hall–Kier alpha value is -3.79. The number of hydrogen-bond acceptors (Lipinski definition) is 8. The molecule has 0 atom stereocenters. The molecule has 0 fully saturated rings. The van der Waals surface area contributed by atoms with Crippen LogP contribution in [-0.2, 0) is 19.1 Å². The number of nitrogens with one attached hydrogen (secondary N) is 1. The number of esters is 2. The van der Waals surface area contributed by atoms with Crippen molar-refractivity contribution in [3.8, 4) is 0 Å². The first-order valence-electron chi connectivity index (χ1n) is 9.91. The van der Waals surface area contributed by atoms with Gasteiger partial charge in [0.2, 0.25) is 11.7 Å². The zero-order valence-electron chi connectivity index (χ0n) is 17.7. The van der Waals surface area contributed by atoms with Crippen molar-refractivity contribution in [2.75, 3.05) is 18.5 Å². The van der Waals surface area contributed by atoms with Crippen molar-refractivity contribution in [1.29, 1.82) is 0 Å². The van der Waals surface area contributed by atoms with Crippen LogP contribution in [0.3, 0.4) is 0 Å². The summed E-state index contributed by atoms with van der Waals surface area (Å²) in [6.07, 6.45) is 0.237. The lowest BCUT2D eigenvalue weighted by Gasteiger charge is -2.07. The maximum Gasteiger partial charge on any atom is 0.338 e. The Labute approximate surface area is 194 Å². The largest absolute Gasteiger partial charge is 0.462 e. The van der Waals surface area contributed by atoms with Crippen LogP contribution in [0.4, 0.5) is 11.4 Å². The SMILES string of the molecule is CCCOC(=O)c1ccc(NC(=O)CCC(=O)OCC(=O)c2ccc(Cl)c([N+](=O)[O-])c2)cc1. The number of nitro groups is 1. The summed E-state index contributed by atoms with van der Waals surface area (Å²) in [6, 6.07) is 9.57. The number of carbonyl (C=O) groups excluding carboxylic acids is 4. The Kier molecular flexibility index (Phi) is 9.49. The molecule has 0 saturated heterocycles. The zero-order chi connectivity index (χ0) is 24.4. The number of benzene rings is 2. The molecule has 2 aromatic carbocycles. The van der Waals surface area contributed by atoms with E-state index in [4.69, 9.17) is 21.1 Å². The summed E-state index contributed by atoms with van der Waals surface area (Å²) >= 11 is 5.70. The van der Waals surface area contributed by atoms with E-state index in [0.29, 0.717) is 24.3 Å². The van der Waals surface area contributed by atoms with Crippen molar-refractivity contribution in [2.24, 2.45) is 0 Å². The molecule has 0 radical (unpaired) electrons. The Morgan fingerprint density at radius 2 is 1.67 bits per heavy atom. The number of carbonyl (C=O) groups is 4. The summed E-state index contributed by atoms with van der Waals surface area (Å²) in [5, 5.41) is 13.4. The maximum absolute atomic E-state index is 12.1. The second kappa shape index (κ2) is 12.3. The smallest absolute Gasteiger partial charge is 0.338 e. The summed E-state index contributed by atoms with van der Waals surface area (Å²) in [7, 11) is 0. The van der Waals surface area contributed by atoms with Gasteiger partial charge in [-0.3, -0.25) is 24.5 Å². The second-order valence-corrected chi connectivity index (χ2v) is 7.18. The minimum Gasteiger partial charge on any atom is -0.462 e. The van der Waals surface area contributed by atoms with Crippen LogP contribution in [0.5, 0.6) is 0 Å². The zero-order valence-corrected chi connectivity index (χ0v) is 18.4. The summed E-state index contributed by atoms with van der Waals surface area (Å²) in [4.78, 5) is 57.9. The highest BCUT2D eigenvalue weighted by molar-refractivity contribution is 6.32. The number of ether oxygens (including phenoxy) is 2. The van der Waals surface area contributed by atoms with Gasteiger partial charge in [-0.05, 0) is 42.8 Å². The molecule has 1 amide bonds. The van der Waals surface area contributed by atoms with Crippen LogP contribution in [0.25, 0.3) is 0 Å². The number of nitrogens with zero attached hydrogens (tertiary/aromatic N) is 1. The third-order valence-corrected chi connectivity index (χ3v) is 4.55. The van der Waals surface area contributed by atoms with E-state index in [2.05, 4.69) is 5.32 Å². The Morgan fingerprint density at radius 1 is 1.00 bits per heavy atom. The van der Waals surface area contributed by atoms with Gasteiger partial charge in [0.1, 0.15) is 5.02 Å². The number of rotatable bonds is 11. The molecule has 0 saturated carbocycles. The summed E-state index contributed by atoms with van der Waals surface area (Å²) < 4.78 is 9.86. The number of hydrogen-bond donors (Lipinski definition) is 1. The first-order valence-corrected chi connectivity index (χ1v) is 10.3. The molecule has 1 N–H and O–H groups in total. The highest BCUT2D eigenvalue weighted by Crippen LogP contribution is 2.25. The van der Waals surface area contributed by atoms with Gasteiger partial charge in [-0.15, -0.1) is 0 Å². The van der Waals surface area contributed by atoms with Crippen molar-refractivity contribution >= 4 is 46.6 Å². The third kappa shape index (κ3) is 8.00. The quantitative estimate of drug-likeness (QED) is 0.222. The third-order valence-electron chi connectivity index (χ3n) is 4.23. The first kappa shape index (κ1) is 25.5. The van der Waals surface area contributed by atoms with Crippen LogP contribution < -0.4 is 5.32 Å². The number of ketones is 1. The molecule has 0 spiro atoms. The number of halogens is 1. The van der Waals surface area contributed by atoms with Crippen molar-refractivity contribution in [3.05, 3.63) is 68.7 Å². The minimum atomic E-state index is -0.781. The Balaban J connectivity index is 1.77. The van der Waals surface area contributed by atoms with Crippen molar-refractivity contribution < 1.29 is 33.6 Å². The molecule has 0 unspecified atom stereocenters. The summed E-state index contributed by atoms with van der Waals surface area (Å²) in [6.45, 7) is 1.57. The highest BCUT2D eigenvalue weighted by atomic mass is 35.5. The standard InChI is InChI=1S/C22H21ClN2O8/c1-2-11-32-22(29)14-3-6-16(7-4-14)24-20(27)9-10-21(28)33-13-19(26)15-5-8-17(23)18(12-15)25(30)31/h3-8,12H,2,9-11,13H2,1H3,(H,24,27). The van der Waals surface area contributed by atoms with Crippen molar-refractivity contribution in [2.45, 2.75) is 26.2 Å². The molecular weight excluding hydrogens is 456 g/mol. The Bertz CT molecular complexity index is 1050. The molecule has 0 aliphatic carbocycles. The van der Waals surface area contributed by atoms with E-state index < -0.39 is 40.8 Å². The molecule has 0 aromatic heterocycles. The molecule has 2 rings (SSSR count). The molecule has 0 bridgehead atoms. The second-order valence-electron chi connectivity index (χ2n) is 6.77. The summed E-state index contributed by atoms with van der Waals surface area (Å²) in [5.41, 5.74) is 0.315. The summed E-state index contributed by atoms with van der Waals surface area (Å²) in [5.74, 6) is -2.35. The van der Waals surface area contributed by atoms with E-state index in [1.54, 1.807) is 0 Å². The lowest BCUT2D eigenvalue weighted by atomic mass is 10.1. The molecule has 0 aliphatic rings. The molecule has 11 heteroatoms. The van der Waals surface area contributed by atoms with E-state index in [1.807, 2.05) is 6.92 Å². The fourth-order valence-electron chi connectivity index (χ4n) is 2.53. The van der Waals surface area contributed by atoms with E-state index in [-0.39, 0.29) is 23.4 Å². The average molecular weight is 477 g/mol. The predicted molar refractivity (Wildman–Crippen MR) is 118 cm³/mol. The van der Waals surface area contributed by atoms with Gasteiger partial charge in [0.05, 0.1) is 23.5 Å². The maximum atomic E-state index is 12.1. The lowest BCUT2D eigenvalue weighted by molar-refractivity contribution is -0.384. The van der Waals surface area contributed by atoms with Crippen molar-refractivity contribution in [1.82, 2.24) is 0 Å². The predicted octanol–water partition coefficient (Wildman–Crippen LogP) is 3.96. The molecule has 2 aromatic rings. The fraction of sp³-hybridized carbons (Fsp3) is 0.273. The van der Waals surface area contributed by atoms with E-state index in [0.717, 1.165) is 6.07 Å². The average Bonchev–Trinajstić information content (AvgIpc) is 2.80. The number of amides is 1. The van der Waals surface area contributed by atoms with Gasteiger partial charge in [0.15, 0.2) is 6.61 Å². The molecule has 10 nitrogen and oxygen atoms in total. The van der Waals surface area contributed by atoms with Crippen LogP contribution in [0, 0.1) is 10.1 Å². The van der Waals surface area contributed by atoms with Crippen LogP contribution in [0.1, 0.15) is 46.9 Å². The number of nitro benzene ring substituents is 1. The lowest BCUT2D eigenvalue weighted by Crippen LogP contribution is -2.17. The van der Waals surface area contributed by atoms with E-state index in [9.17, 15) is 29.3 Å². The van der Waals surface area contributed by atoms with Crippen molar-refractivity contribution in [3.63, 3.8) is 0 Å². The van der Waals surface area contributed by atoms with Gasteiger partial charge >= 0.3 is 11.9 Å². The number of anilines is 1. The minimum absolute atomic E-state index is 0.0290. The van der Waals surface area contributed by atoms with Gasteiger partial charge < -0.3 is 14.8 Å². The van der Waals surface area contributed by atoms with Gasteiger partial charge in [-0.25, -0.2) is 4.79 Å². The van der Waals surface area contributed by atoms with Crippen LogP contribution in [0.2, 0.25) is 5.02 Å². The topological polar surface area (TPSA) is 142 Å². The highest BCUT2D eigenvalue weighted by Gasteiger charge is 2.18. The monoisotopic (exact) mass is 476 g/mol. The first-order chi connectivity index (χ1) is 15.7. The van der Waals surface area contributed by atoms with Crippen LogP contribution in [-0.4, -0.2) is 41.8 Å². The van der Waals surface area contributed by atoms with Gasteiger partial charge in [0, 0.05) is 23.7 Å². The molecule has 0 aliphatic heterocycles. The van der Waals surface area contributed by atoms with Gasteiger partial charge in [-0.1, -0.05) is 18.5 Å². The van der Waals surface area contributed by atoms with E-state index in [1.165, 1.54) is 36.4 Å². The molecular formula is C22H21ClN2O8. The van der Waals surface area contributed by atoms with Crippen LogP contribution >= 0.6 is 11.6 Å². The normalized spacial score (nSPS) is 10.2. The van der Waals surface area contributed by atoms with E-state index >= 15 is 0 Å². The number of Topliss-reactive ketones (excluding diaryl/α,β-unsaturated/α-hetero) is 1. The molecule has 33 heavy (non-hydrogen) atoms. The molecule has 174 valence electrons. The van der Waals surface area contributed by atoms with Gasteiger partial charge in [-0.2, -0.15) is 0 Å².